The third kappa shape index (κ3) is 4.14. The van der Waals surface area contributed by atoms with Gasteiger partial charge < -0.3 is 4.90 Å². The topological polar surface area (TPSA) is 20.3 Å². The summed E-state index contributed by atoms with van der Waals surface area (Å²) in [5, 5.41) is 0.787. The van der Waals surface area contributed by atoms with Crippen LogP contribution in [0.2, 0.25) is 0 Å². The van der Waals surface area contributed by atoms with Gasteiger partial charge in [-0.1, -0.05) is 28.8 Å². The van der Waals surface area contributed by atoms with E-state index in [1.165, 1.54) is 0 Å². The molecule has 2 rings (SSSR count). The molecule has 3 unspecified atom stereocenters. The molecule has 0 N–H and O–H groups in total. The lowest BCUT2D eigenvalue weighted by atomic mass is 9.77. The van der Waals surface area contributed by atoms with E-state index in [4.69, 9.17) is 0 Å². The molecule has 21 heavy (non-hydrogen) atoms. The summed E-state index contributed by atoms with van der Waals surface area (Å²) in [6.07, 6.45) is 1.29. The Hall–Kier alpha value is -0.260. The SMILES string of the molecule is O=C(C1CCCCC1C(F)(F)F)N1CCCCC1CCBr. The molecule has 0 radical (unpaired) electrons. The minimum atomic E-state index is -4.25. The summed E-state index contributed by atoms with van der Waals surface area (Å²) >= 11 is 3.38. The molecular formula is C15H23BrF3NO. The maximum Gasteiger partial charge on any atom is 0.392 e. The summed E-state index contributed by atoms with van der Waals surface area (Å²) in [5.41, 5.74) is 0. The third-order valence-corrected chi connectivity index (χ3v) is 5.31. The average Bonchev–Trinajstić information content (AvgIpc) is 2.46. The van der Waals surface area contributed by atoms with Crippen molar-refractivity contribution in [2.75, 3.05) is 11.9 Å². The number of rotatable bonds is 3. The van der Waals surface area contributed by atoms with Crippen LogP contribution in [0.5, 0.6) is 0 Å². The molecule has 1 amide bonds. The Morgan fingerprint density at radius 3 is 2.43 bits per heavy atom. The number of likely N-dealkylation sites (tertiary alicyclic amines) is 1. The van der Waals surface area contributed by atoms with Crippen molar-refractivity contribution in [3.05, 3.63) is 0 Å². The quantitative estimate of drug-likeness (QED) is 0.669. The summed E-state index contributed by atoms with van der Waals surface area (Å²) < 4.78 is 39.6. The number of amides is 1. The van der Waals surface area contributed by atoms with Crippen LogP contribution in [0.4, 0.5) is 13.2 Å². The molecule has 0 spiro atoms. The fourth-order valence-corrected chi connectivity index (χ4v) is 4.28. The van der Waals surface area contributed by atoms with Crippen LogP contribution in [-0.2, 0) is 4.79 Å². The fourth-order valence-electron chi connectivity index (χ4n) is 3.75. The molecular weight excluding hydrogens is 347 g/mol. The highest BCUT2D eigenvalue weighted by molar-refractivity contribution is 9.09. The average molecular weight is 370 g/mol. The zero-order chi connectivity index (χ0) is 15.5. The van der Waals surface area contributed by atoms with Crippen molar-refractivity contribution in [1.82, 2.24) is 4.90 Å². The van der Waals surface area contributed by atoms with Crippen LogP contribution in [0.1, 0.15) is 51.4 Å². The second-order valence-corrected chi connectivity index (χ2v) is 6.99. The molecule has 1 saturated heterocycles. The highest BCUT2D eigenvalue weighted by Gasteiger charge is 2.49. The highest BCUT2D eigenvalue weighted by atomic mass is 79.9. The van der Waals surface area contributed by atoms with Gasteiger partial charge in [-0.25, -0.2) is 0 Å². The predicted molar refractivity (Wildman–Crippen MR) is 79.3 cm³/mol. The molecule has 0 bridgehead atoms. The number of hydrogen-bond acceptors (Lipinski definition) is 1. The molecule has 0 aromatic heterocycles. The maximum absolute atomic E-state index is 13.2. The van der Waals surface area contributed by atoms with Crippen LogP contribution in [-0.4, -0.2) is 34.9 Å². The predicted octanol–water partition coefficient (Wildman–Crippen LogP) is 4.52. The first-order chi connectivity index (χ1) is 9.95. The van der Waals surface area contributed by atoms with Crippen LogP contribution < -0.4 is 0 Å². The molecule has 1 saturated carbocycles. The Morgan fingerprint density at radius 1 is 1.10 bits per heavy atom. The molecule has 3 atom stereocenters. The number of nitrogens with zero attached hydrogens (tertiary/aromatic N) is 1. The largest absolute Gasteiger partial charge is 0.392 e. The van der Waals surface area contributed by atoms with E-state index in [1.54, 1.807) is 4.90 Å². The van der Waals surface area contributed by atoms with Gasteiger partial charge in [-0.05, 0) is 38.5 Å². The molecule has 0 aromatic rings. The minimum absolute atomic E-state index is 0.108. The van der Waals surface area contributed by atoms with Crippen molar-refractivity contribution in [2.24, 2.45) is 11.8 Å². The summed E-state index contributed by atoms with van der Waals surface area (Å²) in [6, 6.07) is 0.112. The van der Waals surface area contributed by atoms with Gasteiger partial charge in [-0.15, -0.1) is 0 Å². The minimum Gasteiger partial charge on any atom is -0.339 e. The van der Waals surface area contributed by atoms with Crippen molar-refractivity contribution >= 4 is 21.8 Å². The summed E-state index contributed by atoms with van der Waals surface area (Å²) in [6.45, 7) is 0.623. The molecule has 0 aromatic carbocycles. The van der Waals surface area contributed by atoms with Gasteiger partial charge in [-0.3, -0.25) is 4.79 Å². The van der Waals surface area contributed by atoms with Gasteiger partial charge in [0.2, 0.25) is 5.91 Å². The number of halogens is 4. The van der Waals surface area contributed by atoms with E-state index in [2.05, 4.69) is 15.9 Å². The zero-order valence-electron chi connectivity index (χ0n) is 12.2. The highest BCUT2D eigenvalue weighted by Crippen LogP contribution is 2.42. The van der Waals surface area contributed by atoms with Crippen LogP contribution in [0.3, 0.4) is 0 Å². The first kappa shape index (κ1) is 17.1. The summed E-state index contributed by atoms with van der Waals surface area (Å²) in [4.78, 5) is 14.5. The van der Waals surface area contributed by atoms with Gasteiger partial charge in [0.15, 0.2) is 0 Å². The molecule has 2 nitrogen and oxygen atoms in total. The zero-order valence-corrected chi connectivity index (χ0v) is 13.8. The van der Waals surface area contributed by atoms with Crippen molar-refractivity contribution in [1.29, 1.82) is 0 Å². The Bertz CT molecular complexity index is 359. The standard InChI is InChI=1S/C15H23BrF3NO/c16-9-8-11-5-3-4-10-20(11)14(21)12-6-1-2-7-13(12)15(17,18)19/h11-13H,1-10H2. The summed E-state index contributed by atoms with van der Waals surface area (Å²) in [5.74, 6) is -2.54. The number of carbonyl (C=O) groups is 1. The fraction of sp³-hybridized carbons (Fsp3) is 0.933. The van der Waals surface area contributed by atoms with Gasteiger partial charge in [-0.2, -0.15) is 13.2 Å². The Balaban J connectivity index is 2.11. The van der Waals surface area contributed by atoms with Gasteiger partial charge in [0.1, 0.15) is 0 Å². The Labute approximate surface area is 132 Å². The van der Waals surface area contributed by atoms with E-state index in [-0.39, 0.29) is 18.4 Å². The second-order valence-electron chi connectivity index (χ2n) is 6.20. The molecule has 1 aliphatic heterocycles. The molecule has 6 heteroatoms. The monoisotopic (exact) mass is 369 g/mol. The summed E-state index contributed by atoms with van der Waals surface area (Å²) in [7, 11) is 0. The molecule has 1 heterocycles. The third-order valence-electron chi connectivity index (χ3n) is 4.86. The number of piperidine rings is 1. The number of alkyl halides is 4. The molecule has 122 valence electrons. The van der Waals surface area contributed by atoms with Crippen LogP contribution in [0.15, 0.2) is 0 Å². The van der Waals surface area contributed by atoms with E-state index in [1.807, 2.05) is 0 Å². The van der Waals surface area contributed by atoms with Gasteiger partial charge in [0.05, 0.1) is 5.92 Å². The Kier molecular flexibility index (Phi) is 5.97. The van der Waals surface area contributed by atoms with Gasteiger partial charge in [0, 0.05) is 23.8 Å². The van der Waals surface area contributed by atoms with Crippen LogP contribution >= 0.6 is 15.9 Å². The van der Waals surface area contributed by atoms with Gasteiger partial charge >= 0.3 is 6.18 Å². The first-order valence-corrected chi connectivity index (χ1v) is 9.00. The van der Waals surface area contributed by atoms with E-state index in [9.17, 15) is 18.0 Å². The van der Waals surface area contributed by atoms with Crippen molar-refractivity contribution in [2.45, 2.75) is 63.6 Å². The van der Waals surface area contributed by atoms with Crippen LogP contribution in [0, 0.1) is 11.8 Å². The maximum atomic E-state index is 13.2. The lowest BCUT2D eigenvalue weighted by Gasteiger charge is -2.41. The van der Waals surface area contributed by atoms with Crippen molar-refractivity contribution in [3.63, 3.8) is 0 Å². The van der Waals surface area contributed by atoms with Crippen LogP contribution in [0.25, 0.3) is 0 Å². The van der Waals surface area contributed by atoms with E-state index in [0.717, 1.165) is 37.4 Å². The lowest BCUT2D eigenvalue weighted by molar-refractivity contribution is -0.201. The number of hydrogen-bond donors (Lipinski definition) is 0. The van der Waals surface area contributed by atoms with Crippen molar-refractivity contribution < 1.29 is 18.0 Å². The van der Waals surface area contributed by atoms with Gasteiger partial charge in [0.25, 0.3) is 0 Å². The van der Waals surface area contributed by atoms with E-state index >= 15 is 0 Å². The molecule has 2 aliphatic rings. The molecule has 2 fully saturated rings. The Morgan fingerprint density at radius 2 is 1.76 bits per heavy atom. The van der Waals surface area contributed by atoms with E-state index < -0.39 is 18.0 Å². The first-order valence-electron chi connectivity index (χ1n) is 7.88. The normalized spacial score (nSPS) is 31.2. The smallest absolute Gasteiger partial charge is 0.339 e. The second kappa shape index (κ2) is 7.34. The lowest BCUT2D eigenvalue weighted by Crippen LogP contribution is -2.50. The number of carbonyl (C=O) groups excluding carboxylic acids is 1. The van der Waals surface area contributed by atoms with E-state index in [0.29, 0.717) is 19.4 Å². The van der Waals surface area contributed by atoms with Crippen molar-refractivity contribution in [3.8, 4) is 0 Å². The molecule has 1 aliphatic carbocycles.